The monoisotopic (exact) mass is 432 g/mol. The molecular weight excluding hydrogens is 406 g/mol. The van der Waals surface area contributed by atoms with Gasteiger partial charge in [0.05, 0.1) is 19.3 Å². The zero-order valence-electron chi connectivity index (χ0n) is 17.7. The number of hydrogen-bond donors (Lipinski definition) is 2. The molecule has 0 aliphatic carbocycles. The van der Waals surface area contributed by atoms with Crippen LogP contribution in [0.1, 0.15) is 36.7 Å². The Morgan fingerprint density at radius 2 is 1.81 bits per heavy atom. The van der Waals surface area contributed by atoms with Crippen molar-refractivity contribution in [1.82, 2.24) is 10.2 Å². The molecule has 1 fully saturated rings. The molecule has 2 N–H and O–H groups in total. The van der Waals surface area contributed by atoms with E-state index in [9.17, 15) is 23.5 Å². The fraction of sp³-hybridized carbons (Fsp3) is 0.478. The first-order valence-electron chi connectivity index (χ1n) is 9.88. The lowest BCUT2D eigenvalue weighted by atomic mass is 9.93. The minimum Gasteiger partial charge on any atom is -0.382 e. The number of morpholine rings is 1. The Hall–Kier alpha value is -2.78. The molecule has 1 aromatic carbocycles. The Morgan fingerprint density at radius 3 is 2.35 bits per heavy atom. The third kappa shape index (κ3) is 6.86. The summed E-state index contributed by atoms with van der Waals surface area (Å²) in [5, 5.41) is 12.1. The number of aliphatic hydroxyl groups is 1. The number of ether oxygens (including phenoxy) is 1. The first-order valence-corrected chi connectivity index (χ1v) is 9.88. The molecule has 1 aliphatic rings. The molecule has 3 atom stereocenters. The summed E-state index contributed by atoms with van der Waals surface area (Å²) in [6, 6.07) is 4.42. The molecule has 0 radical (unpaired) electrons. The highest BCUT2D eigenvalue weighted by atomic mass is 19.3. The van der Waals surface area contributed by atoms with Gasteiger partial charge in [0.15, 0.2) is 5.78 Å². The predicted octanol–water partition coefficient (Wildman–Crippen LogP) is 1.47. The molecular formula is C23H26F2N2O4. The van der Waals surface area contributed by atoms with Crippen molar-refractivity contribution in [3.8, 4) is 23.7 Å². The second-order valence-electron chi connectivity index (χ2n) is 7.46. The Kier molecular flexibility index (Phi) is 8.70. The lowest BCUT2D eigenvalue weighted by Crippen LogP contribution is -2.58. The number of Topliss-reactive ketones (excluding diaryl/α,β-unsaturated/α-hetero) is 1. The van der Waals surface area contributed by atoms with E-state index in [1.54, 1.807) is 12.1 Å². The molecule has 1 saturated heterocycles. The fourth-order valence-corrected chi connectivity index (χ4v) is 3.00. The van der Waals surface area contributed by atoms with E-state index in [0.29, 0.717) is 18.8 Å². The van der Waals surface area contributed by atoms with Gasteiger partial charge in [-0.1, -0.05) is 11.8 Å². The molecule has 0 bridgehead atoms. The van der Waals surface area contributed by atoms with Gasteiger partial charge in [-0.05, 0) is 56.9 Å². The molecule has 2 rings (SSSR count). The smallest absolute Gasteiger partial charge is 0.269 e. The van der Waals surface area contributed by atoms with Gasteiger partial charge in [0.25, 0.3) is 12.3 Å². The van der Waals surface area contributed by atoms with Crippen LogP contribution in [0.4, 0.5) is 8.78 Å². The maximum atomic E-state index is 13.0. The average Bonchev–Trinajstić information content (AvgIpc) is 2.75. The standard InChI is InChI=1S/C23H26F2N2O4/c1-16(27-12-14-31-15-13-27)6-4-5-7-18-8-10-19(11-9-18)21(29)26-20(17(2)28)23(3,30)22(24)25/h8-11,16,20,22,30H,12-15H2,1-3H3,(H,26,29)/t16?,20-,23+/m1/s1. The summed E-state index contributed by atoms with van der Waals surface area (Å²) in [7, 11) is 0. The van der Waals surface area contributed by atoms with Crippen molar-refractivity contribution in [2.45, 2.75) is 44.9 Å². The van der Waals surface area contributed by atoms with Crippen LogP contribution in [0.15, 0.2) is 24.3 Å². The number of amides is 1. The normalized spacial score (nSPS) is 17.9. The van der Waals surface area contributed by atoms with Crippen LogP contribution < -0.4 is 5.32 Å². The molecule has 0 spiro atoms. The minimum atomic E-state index is -3.20. The van der Waals surface area contributed by atoms with Crippen molar-refractivity contribution in [3.63, 3.8) is 0 Å². The first kappa shape index (κ1) is 24.5. The number of hydrogen-bond acceptors (Lipinski definition) is 5. The molecule has 31 heavy (non-hydrogen) atoms. The van der Waals surface area contributed by atoms with Gasteiger partial charge < -0.3 is 15.2 Å². The zero-order chi connectivity index (χ0) is 23.0. The van der Waals surface area contributed by atoms with Crippen molar-refractivity contribution in [1.29, 1.82) is 0 Å². The van der Waals surface area contributed by atoms with Gasteiger partial charge in [-0.25, -0.2) is 8.78 Å². The average molecular weight is 432 g/mol. The Balaban J connectivity index is 2.00. The quantitative estimate of drug-likeness (QED) is 0.666. The molecule has 8 heteroatoms. The van der Waals surface area contributed by atoms with Gasteiger partial charge in [-0.2, -0.15) is 0 Å². The van der Waals surface area contributed by atoms with Crippen LogP contribution in [-0.2, 0) is 9.53 Å². The van der Waals surface area contributed by atoms with Crippen LogP contribution >= 0.6 is 0 Å². The van der Waals surface area contributed by atoms with Crippen LogP contribution in [0.25, 0.3) is 0 Å². The van der Waals surface area contributed by atoms with Gasteiger partial charge in [0.1, 0.15) is 11.6 Å². The van der Waals surface area contributed by atoms with Crippen LogP contribution in [-0.4, -0.2) is 72.1 Å². The van der Waals surface area contributed by atoms with Crippen molar-refractivity contribution in [2.24, 2.45) is 0 Å². The van der Waals surface area contributed by atoms with Crippen LogP contribution in [0, 0.1) is 23.7 Å². The van der Waals surface area contributed by atoms with E-state index in [1.807, 2.05) is 6.92 Å². The summed E-state index contributed by atoms with van der Waals surface area (Å²) >= 11 is 0. The molecule has 1 unspecified atom stereocenters. The maximum Gasteiger partial charge on any atom is 0.269 e. The third-order valence-electron chi connectivity index (χ3n) is 5.00. The van der Waals surface area contributed by atoms with E-state index in [4.69, 9.17) is 4.74 Å². The largest absolute Gasteiger partial charge is 0.382 e. The van der Waals surface area contributed by atoms with E-state index in [0.717, 1.165) is 26.9 Å². The highest BCUT2D eigenvalue weighted by Crippen LogP contribution is 2.21. The summed E-state index contributed by atoms with van der Waals surface area (Å²) in [6.07, 6.45) is -3.20. The number of benzene rings is 1. The van der Waals surface area contributed by atoms with Crippen LogP contribution in [0.2, 0.25) is 0 Å². The molecule has 6 nitrogen and oxygen atoms in total. The van der Waals surface area contributed by atoms with E-state index < -0.39 is 29.8 Å². The van der Waals surface area contributed by atoms with E-state index >= 15 is 0 Å². The van der Waals surface area contributed by atoms with Crippen molar-refractivity contribution < 1.29 is 28.2 Å². The summed E-state index contributed by atoms with van der Waals surface area (Å²) in [5.74, 6) is 10.0. The number of nitrogens with one attached hydrogen (secondary N) is 1. The highest BCUT2D eigenvalue weighted by molar-refractivity contribution is 5.98. The molecule has 1 aromatic rings. The van der Waals surface area contributed by atoms with Crippen molar-refractivity contribution >= 4 is 11.7 Å². The van der Waals surface area contributed by atoms with Crippen LogP contribution in [0.3, 0.4) is 0 Å². The number of rotatable bonds is 6. The summed E-state index contributed by atoms with van der Waals surface area (Å²) in [6.45, 7) is 6.92. The SMILES string of the molecule is CC(=O)[C@@H](NC(=O)c1ccc(C#CC#CC(C)N2CCOCC2)cc1)[C@](C)(O)C(F)F. The zero-order valence-corrected chi connectivity index (χ0v) is 17.7. The van der Waals surface area contributed by atoms with Crippen LogP contribution in [0.5, 0.6) is 0 Å². The van der Waals surface area contributed by atoms with Gasteiger partial charge in [-0.15, -0.1) is 0 Å². The maximum absolute atomic E-state index is 13.0. The number of alkyl halides is 2. The van der Waals surface area contributed by atoms with Gasteiger partial charge in [0, 0.05) is 24.2 Å². The second-order valence-corrected chi connectivity index (χ2v) is 7.46. The fourth-order valence-electron chi connectivity index (χ4n) is 3.00. The Labute approximate surface area is 180 Å². The number of ketones is 1. The van der Waals surface area contributed by atoms with Gasteiger partial charge in [-0.3, -0.25) is 14.5 Å². The Morgan fingerprint density at radius 1 is 1.19 bits per heavy atom. The molecule has 1 aliphatic heterocycles. The lowest BCUT2D eigenvalue weighted by molar-refractivity contribution is -0.138. The lowest BCUT2D eigenvalue weighted by Gasteiger charge is -2.30. The first-order chi connectivity index (χ1) is 14.6. The van der Waals surface area contributed by atoms with Gasteiger partial charge in [0.2, 0.25) is 0 Å². The number of nitrogens with zero attached hydrogens (tertiary/aromatic N) is 1. The summed E-state index contributed by atoms with van der Waals surface area (Å²) in [4.78, 5) is 26.2. The van der Waals surface area contributed by atoms with Crippen molar-refractivity contribution in [3.05, 3.63) is 35.4 Å². The van der Waals surface area contributed by atoms with Gasteiger partial charge >= 0.3 is 0 Å². The Bertz CT molecular complexity index is 901. The van der Waals surface area contributed by atoms with E-state index in [-0.39, 0.29) is 11.6 Å². The summed E-state index contributed by atoms with van der Waals surface area (Å²) in [5.41, 5.74) is -1.91. The molecule has 166 valence electrons. The highest BCUT2D eigenvalue weighted by Gasteiger charge is 2.44. The number of carbonyl (C=O) groups excluding carboxylic acids is 2. The number of halogens is 2. The second kappa shape index (κ2) is 11.0. The molecule has 1 amide bonds. The van der Waals surface area contributed by atoms with Crippen molar-refractivity contribution in [2.75, 3.05) is 26.3 Å². The summed E-state index contributed by atoms with van der Waals surface area (Å²) < 4.78 is 31.4. The molecule has 1 heterocycles. The number of carbonyl (C=O) groups is 2. The molecule has 0 aromatic heterocycles. The third-order valence-corrected chi connectivity index (χ3v) is 5.00. The minimum absolute atomic E-state index is 0.0731. The topological polar surface area (TPSA) is 78.9 Å². The van der Waals surface area contributed by atoms with E-state index in [2.05, 4.69) is 33.9 Å². The molecule has 0 saturated carbocycles. The van der Waals surface area contributed by atoms with E-state index in [1.165, 1.54) is 12.1 Å². The predicted molar refractivity (Wildman–Crippen MR) is 112 cm³/mol.